The van der Waals surface area contributed by atoms with E-state index in [4.69, 9.17) is 0 Å². The van der Waals surface area contributed by atoms with Gasteiger partial charge in [0.15, 0.2) is 0 Å². The highest BCUT2D eigenvalue weighted by Crippen LogP contribution is 2.08. The van der Waals surface area contributed by atoms with Crippen molar-refractivity contribution in [1.29, 1.82) is 0 Å². The molecule has 0 saturated heterocycles. The number of carbonyl (C=O) groups excluding carboxylic acids is 1. The second-order valence-electron chi connectivity index (χ2n) is 3.08. The van der Waals surface area contributed by atoms with Crippen LogP contribution in [0.5, 0.6) is 0 Å². The number of Topliss-reactive ketones (excluding diaryl/α,β-unsaturated/α-hetero) is 1. The molecule has 0 radical (unpaired) electrons. The van der Waals surface area contributed by atoms with Crippen molar-refractivity contribution < 1.29 is 4.79 Å². The molecule has 0 unspecified atom stereocenters. The molecule has 0 bridgehead atoms. The summed E-state index contributed by atoms with van der Waals surface area (Å²) in [6.45, 7) is 2.36. The molecule has 0 amide bonds. The minimum Gasteiger partial charge on any atom is -0.373 e. The number of pyridine rings is 1. The molecule has 0 aliphatic carbocycles. The van der Waals surface area contributed by atoms with Gasteiger partial charge >= 0.3 is 0 Å². The zero-order valence-electron chi connectivity index (χ0n) is 8.03. The molecule has 3 heteroatoms. The van der Waals surface area contributed by atoms with Crippen LogP contribution >= 0.6 is 0 Å². The predicted octanol–water partition coefficient (Wildman–Crippen LogP) is 1.50. The monoisotopic (exact) mass is 178 g/mol. The van der Waals surface area contributed by atoms with E-state index < -0.39 is 0 Å². The molecule has 1 aromatic heterocycles. The fourth-order valence-corrected chi connectivity index (χ4v) is 1.03. The van der Waals surface area contributed by atoms with Crippen molar-refractivity contribution in [2.45, 2.75) is 13.3 Å². The van der Waals surface area contributed by atoms with Gasteiger partial charge in [-0.2, -0.15) is 0 Å². The number of rotatable bonds is 4. The number of hydrogen-bond donors (Lipinski definition) is 0. The molecule has 0 fully saturated rings. The number of ketones is 1. The van der Waals surface area contributed by atoms with E-state index >= 15 is 0 Å². The molecule has 3 nitrogen and oxygen atoms in total. The second-order valence-corrected chi connectivity index (χ2v) is 3.08. The molecule has 1 rings (SSSR count). The van der Waals surface area contributed by atoms with Crippen LogP contribution in [0.15, 0.2) is 24.5 Å². The van der Waals surface area contributed by atoms with Crippen LogP contribution in [0.1, 0.15) is 13.3 Å². The first-order chi connectivity index (χ1) is 6.20. The third-order valence-electron chi connectivity index (χ3n) is 1.89. The smallest absolute Gasteiger partial charge is 0.131 e. The van der Waals surface area contributed by atoms with Gasteiger partial charge in [-0.1, -0.05) is 0 Å². The molecular formula is C10H14N2O. The van der Waals surface area contributed by atoms with E-state index in [1.165, 1.54) is 0 Å². The lowest BCUT2D eigenvalue weighted by atomic mass is 10.3. The summed E-state index contributed by atoms with van der Waals surface area (Å²) in [6.07, 6.45) is 4.12. The largest absolute Gasteiger partial charge is 0.373 e. The van der Waals surface area contributed by atoms with Gasteiger partial charge in [-0.25, -0.2) is 0 Å². The Kier molecular flexibility index (Phi) is 3.43. The van der Waals surface area contributed by atoms with Crippen LogP contribution < -0.4 is 4.90 Å². The van der Waals surface area contributed by atoms with Crippen LogP contribution in [-0.2, 0) is 4.79 Å². The molecule has 0 N–H and O–H groups in total. The van der Waals surface area contributed by atoms with Crippen molar-refractivity contribution in [3.63, 3.8) is 0 Å². The normalized spacial score (nSPS) is 9.69. The van der Waals surface area contributed by atoms with Gasteiger partial charge in [0, 0.05) is 26.2 Å². The average Bonchev–Trinajstić information content (AvgIpc) is 2.15. The summed E-state index contributed by atoms with van der Waals surface area (Å²) in [7, 11) is 1.96. The van der Waals surface area contributed by atoms with Crippen molar-refractivity contribution in [2.24, 2.45) is 0 Å². The van der Waals surface area contributed by atoms with Gasteiger partial charge in [0.2, 0.25) is 0 Å². The summed E-state index contributed by atoms with van der Waals surface area (Å²) >= 11 is 0. The zero-order chi connectivity index (χ0) is 9.68. The molecule has 1 heterocycles. The molecule has 0 aromatic carbocycles. The number of aromatic nitrogens is 1. The summed E-state index contributed by atoms with van der Waals surface area (Å²) in [4.78, 5) is 16.8. The highest BCUT2D eigenvalue weighted by atomic mass is 16.1. The van der Waals surface area contributed by atoms with Crippen molar-refractivity contribution in [1.82, 2.24) is 4.98 Å². The number of nitrogens with zero attached hydrogens (tertiary/aromatic N) is 2. The van der Waals surface area contributed by atoms with Gasteiger partial charge in [0.25, 0.3) is 0 Å². The van der Waals surface area contributed by atoms with E-state index in [0.29, 0.717) is 6.42 Å². The van der Waals surface area contributed by atoms with E-state index in [9.17, 15) is 4.79 Å². The zero-order valence-corrected chi connectivity index (χ0v) is 8.03. The highest BCUT2D eigenvalue weighted by Gasteiger charge is 2.00. The lowest BCUT2D eigenvalue weighted by Gasteiger charge is -2.17. The maximum atomic E-state index is 10.7. The Bertz CT molecular complexity index is 272. The Morgan fingerprint density at radius 3 is 2.92 bits per heavy atom. The van der Waals surface area contributed by atoms with Crippen molar-refractivity contribution >= 4 is 11.5 Å². The Labute approximate surface area is 78.4 Å². The van der Waals surface area contributed by atoms with Gasteiger partial charge in [-0.05, 0) is 19.1 Å². The highest BCUT2D eigenvalue weighted by molar-refractivity contribution is 5.76. The lowest BCUT2D eigenvalue weighted by Crippen LogP contribution is -2.20. The van der Waals surface area contributed by atoms with Crippen LogP contribution in [0.4, 0.5) is 5.69 Å². The molecule has 0 aliphatic heterocycles. The summed E-state index contributed by atoms with van der Waals surface area (Å²) in [5.41, 5.74) is 1.05. The van der Waals surface area contributed by atoms with Crippen LogP contribution in [0, 0.1) is 0 Å². The van der Waals surface area contributed by atoms with Crippen LogP contribution in [0.3, 0.4) is 0 Å². The summed E-state index contributed by atoms with van der Waals surface area (Å²) < 4.78 is 0. The summed E-state index contributed by atoms with van der Waals surface area (Å²) in [6, 6.07) is 3.87. The Hall–Kier alpha value is -1.38. The number of carbonyl (C=O) groups is 1. The number of hydrogen-bond acceptors (Lipinski definition) is 3. The Morgan fingerprint density at radius 2 is 2.38 bits per heavy atom. The minimum atomic E-state index is 0.218. The average molecular weight is 178 g/mol. The van der Waals surface area contributed by atoms with Crippen molar-refractivity contribution in [3.8, 4) is 0 Å². The fourth-order valence-electron chi connectivity index (χ4n) is 1.03. The van der Waals surface area contributed by atoms with Crippen LogP contribution in [-0.4, -0.2) is 24.4 Å². The van der Waals surface area contributed by atoms with Crippen molar-refractivity contribution in [2.75, 3.05) is 18.5 Å². The molecular weight excluding hydrogens is 164 g/mol. The SMILES string of the molecule is CC(=O)CCN(C)c1cccnc1. The third kappa shape index (κ3) is 3.23. The van der Waals surface area contributed by atoms with E-state index in [-0.39, 0.29) is 5.78 Å². The standard InChI is InChI=1S/C10H14N2O/c1-9(13)5-7-12(2)10-4-3-6-11-8-10/h3-4,6,8H,5,7H2,1-2H3. The van der Waals surface area contributed by atoms with Crippen molar-refractivity contribution in [3.05, 3.63) is 24.5 Å². The fraction of sp³-hybridized carbons (Fsp3) is 0.400. The molecule has 70 valence electrons. The minimum absolute atomic E-state index is 0.218. The lowest BCUT2D eigenvalue weighted by molar-refractivity contribution is -0.116. The second kappa shape index (κ2) is 4.60. The molecule has 0 atom stereocenters. The molecule has 1 aromatic rings. The van der Waals surface area contributed by atoms with E-state index in [0.717, 1.165) is 12.2 Å². The molecule has 0 spiro atoms. The Morgan fingerprint density at radius 1 is 1.62 bits per heavy atom. The number of anilines is 1. The molecule has 0 aliphatic rings. The maximum absolute atomic E-state index is 10.7. The van der Waals surface area contributed by atoms with Crippen LogP contribution in [0.25, 0.3) is 0 Å². The molecule has 0 saturated carbocycles. The van der Waals surface area contributed by atoms with Gasteiger partial charge < -0.3 is 4.90 Å². The van der Waals surface area contributed by atoms with Crippen LogP contribution in [0.2, 0.25) is 0 Å². The third-order valence-corrected chi connectivity index (χ3v) is 1.89. The van der Waals surface area contributed by atoms with Gasteiger partial charge in [-0.3, -0.25) is 9.78 Å². The van der Waals surface area contributed by atoms with E-state index in [1.54, 1.807) is 19.3 Å². The van der Waals surface area contributed by atoms with E-state index in [2.05, 4.69) is 4.98 Å². The first kappa shape index (κ1) is 9.71. The topological polar surface area (TPSA) is 33.2 Å². The maximum Gasteiger partial charge on any atom is 0.131 e. The Balaban J connectivity index is 2.49. The van der Waals surface area contributed by atoms with Gasteiger partial charge in [0.1, 0.15) is 5.78 Å². The molecule has 13 heavy (non-hydrogen) atoms. The summed E-state index contributed by atoms with van der Waals surface area (Å²) in [5.74, 6) is 0.218. The van der Waals surface area contributed by atoms with Gasteiger partial charge in [-0.15, -0.1) is 0 Å². The van der Waals surface area contributed by atoms with E-state index in [1.807, 2.05) is 24.1 Å². The first-order valence-corrected chi connectivity index (χ1v) is 4.31. The quantitative estimate of drug-likeness (QED) is 0.700. The predicted molar refractivity (Wildman–Crippen MR) is 52.8 cm³/mol. The summed E-state index contributed by atoms with van der Waals surface area (Å²) in [5, 5.41) is 0. The van der Waals surface area contributed by atoms with Gasteiger partial charge in [0.05, 0.1) is 11.9 Å². The first-order valence-electron chi connectivity index (χ1n) is 4.31.